The third-order valence-electron chi connectivity index (χ3n) is 4.25. The SMILES string of the molecule is O=C1CCC(=O)N1C1CN(CC2CCOCC2)C1. The van der Waals surface area contributed by atoms with Crippen LogP contribution in [0.3, 0.4) is 0 Å². The summed E-state index contributed by atoms with van der Waals surface area (Å²) in [5.74, 6) is 0.774. The molecule has 3 heterocycles. The van der Waals surface area contributed by atoms with E-state index in [0.29, 0.717) is 12.8 Å². The molecule has 0 spiro atoms. The van der Waals surface area contributed by atoms with Gasteiger partial charge in [0.2, 0.25) is 11.8 Å². The molecule has 0 bridgehead atoms. The number of hydrogen-bond acceptors (Lipinski definition) is 4. The molecule has 0 unspecified atom stereocenters. The number of carbonyl (C=O) groups excluding carboxylic acids is 2. The van der Waals surface area contributed by atoms with Gasteiger partial charge >= 0.3 is 0 Å². The standard InChI is InChI=1S/C13H20N2O3/c16-12-1-2-13(17)15(12)11-8-14(9-11)7-10-3-5-18-6-4-10/h10-11H,1-9H2. The Kier molecular flexibility index (Phi) is 3.35. The predicted molar refractivity (Wildman–Crippen MR) is 64.9 cm³/mol. The third-order valence-corrected chi connectivity index (χ3v) is 4.25. The molecule has 0 N–H and O–H groups in total. The monoisotopic (exact) mass is 252 g/mol. The van der Waals surface area contributed by atoms with Gasteiger partial charge in [-0.1, -0.05) is 0 Å². The van der Waals surface area contributed by atoms with Crippen LogP contribution in [0.1, 0.15) is 25.7 Å². The molecule has 5 nitrogen and oxygen atoms in total. The van der Waals surface area contributed by atoms with Crippen LogP contribution in [0.2, 0.25) is 0 Å². The van der Waals surface area contributed by atoms with Crippen LogP contribution >= 0.6 is 0 Å². The Bertz CT molecular complexity index is 330. The zero-order valence-electron chi connectivity index (χ0n) is 10.6. The van der Waals surface area contributed by atoms with E-state index in [1.54, 1.807) is 0 Å². The molecule has 100 valence electrons. The summed E-state index contributed by atoms with van der Waals surface area (Å²) in [5.41, 5.74) is 0. The molecule has 0 atom stereocenters. The van der Waals surface area contributed by atoms with Crippen LogP contribution in [0.15, 0.2) is 0 Å². The van der Waals surface area contributed by atoms with Crippen LogP contribution in [0.25, 0.3) is 0 Å². The topological polar surface area (TPSA) is 49.9 Å². The third kappa shape index (κ3) is 2.29. The first-order valence-electron chi connectivity index (χ1n) is 6.89. The molecule has 3 rings (SSSR count). The highest BCUT2D eigenvalue weighted by Crippen LogP contribution is 2.25. The summed E-state index contributed by atoms with van der Waals surface area (Å²) in [4.78, 5) is 27.0. The number of hydrogen-bond donors (Lipinski definition) is 0. The maximum Gasteiger partial charge on any atom is 0.230 e. The number of ether oxygens (including phenoxy) is 1. The first-order chi connectivity index (χ1) is 8.74. The van der Waals surface area contributed by atoms with Crippen molar-refractivity contribution in [3.8, 4) is 0 Å². The van der Waals surface area contributed by atoms with E-state index in [9.17, 15) is 9.59 Å². The van der Waals surface area contributed by atoms with Gasteiger partial charge in [0.1, 0.15) is 0 Å². The van der Waals surface area contributed by atoms with E-state index < -0.39 is 0 Å². The Balaban J connectivity index is 1.45. The van der Waals surface area contributed by atoms with Gasteiger partial charge in [0.25, 0.3) is 0 Å². The number of imide groups is 1. The minimum absolute atomic E-state index is 0.0238. The lowest BCUT2D eigenvalue weighted by Crippen LogP contribution is -2.61. The molecule has 0 aromatic carbocycles. The molecule has 3 aliphatic rings. The Morgan fingerprint density at radius 2 is 1.67 bits per heavy atom. The minimum Gasteiger partial charge on any atom is -0.381 e. The number of carbonyl (C=O) groups is 2. The minimum atomic E-state index is 0.0238. The first-order valence-corrected chi connectivity index (χ1v) is 6.89. The summed E-state index contributed by atoms with van der Waals surface area (Å²) in [6.45, 7) is 4.59. The van der Waals surface area contributed by atoms with E-state index in [-0.39, 0.29) is 17.9 Å². The van der Waals surface area contributed by atoms with Crippen molar-refractivity contribution in [3.63, 3.8) is 0 Å². The second-order valence-electron chi connectivity index (χ2n) is 5.59. The second-order valence-corrected chi connectivity index (χ2v) is 5.59. The lowest BCUT2D eigenvalue weighted by molar-refractivity contribution is -0.145. The zero-order chi connectivity index (χ0) is 12.5. The first kappa shape index (κ1) is 12.1. The molecular weight excluding hydrogens is 232 g/mol. The average Bonchev–Trinajstić information content (AvgIpc) is 2.65. The van der Waals surface area contributed by atoms with E-state index in [1.807, 2.05) is 0 Å². The highest BCUT2D eigenvalue weighted by atomic mass is 16.5. The average molecular weight is 252 g/mol. The summed E-state index contributed by atoms with van der Waals surface area (Å²) in [6.07, 6.45) is 3.11. The predicted octanol–water partition coefficient (Wildman–Crippen LogP) is 0.246. The molecule has 0 aromatic rings. The Morgan fingerprint density at radius 3 is 2.28 bits per heavy atom. The maximum atomic E-state index is 11.6. The number of likely N-dealkylation sites (tertiary alicyclic amines) is 2. The van der Waals surface area contributed by atoms with Crippen molar-refractivity contribution in [2.45, 2.75) is 31.7 Å². The summed E-state index contributed by atoms with van der Waals surface area (Å²) in [5, 5.41) is 0. The quantitative estimate of drug-likeness (QED) is 0.675. The van der Waals surface area contributed by atoms with Crippen molar-refractivity contribution in [2.75, 3.05) is 32.8 Å². The summed E-state index contributed by atoms with van der Waals surface area (Å²) in [7, 11) is 0. The van der Waals surface area contributed by atoms with Crippen molar-refractivity contribution in [1.29, 1.82) is 0 Å². The normalized spacial score (nSPS) is 27.9. The molecule has 0 radical (unpaired) electrons. The second kappa shape index (κ2) is 4.97. The van der Waals surface area contributed by atoms with Gasteiger partial charge in [-0.25, -0.2) is 0 Å². The van der Waals surface area contributed by atoms with Crippen LogP contribution in [0.4, 0.5) is 0 Å². The summed E-state index contributed by atoms with van der Waals surface area (Å²) < 4.78 is 5.35. The molecular formula is C13H20N2O3. The lowest BCUT2D eigenvalue weighted by Gasteiger charge is -2.44. The smallest absolute Gasteiger partial charge is 0.230 e. The van der Waals surface area contributed by atoms with Gasteiger partial charge in [-0.2, -0.15) is 0 Å². The molecule has 3 aliphatic heterocycles. The van der Waals surface area contributed by atoms with Gasteiger partial charge in [-0.15, -0.1) is 0 Å². The molecule has 0 saturated carbocycles. The van der Waals surface area contributed by atoms with Gasteiger partial charge in [0.05, 0.1) is 6.04 Å². The lowest BCUT2D eigenvalue weighted by atomic mass is 9.97. The summed E-state index contributed by atoms with van der Waals surface area (Å²) >= 11 is 0. The van der Waals surface area contributed by atoms with Gasteiger partial charge in [-0.3, -0.25) is 19.4 Å². The van der Waals surface area contributed by atoms with Crippen molar-refractivity contribution in [3.05, 3.63) is 0 Å². The summed E-state index contributed by atoms with van der Waals surface area (Å²) in [6, 6.07) is 0.146. The van der Waals surface area contributed by atoms with Crippen molar-refractivity contribution in [1.82, 2.24) is 9.80 Å². The fraction of sp³-hybridized carbons (Fsp3) is 0.846. The van der Waals surface area contributed by atoms with Gasteiger partial charge in [0.15, 0.2) is 0 Å². The Morgan fingerprint density at radius 1 is 1.06 bits per heavy atom. The van der Waals surface area contributed by atoms with Crippen LogP contribution in [-0.4, -0.2) is 60.5 Å². The zero-order valence-corrected chi connectivity index (χ0v) is 10.6. The molecule has 0 aliphatic carbocycles. The van der Waals surface area contributed by atoms with Crippen molar-refractivity contribution in [2.24, 2.45) is 5.92 Å². The van der Waals surface area contributed by atoms with Crippen LogP contribution in [-0.2, 0) is 14.3 Å². The highest BCUT2D eigenvalue weighted by Gasteiger charge is 2.41. The maximum absolute atomic E-state index is 11.6. The van der Waals surface area contributed by atoms with E-state index in [4.69, 9.17) is 4.74 Å². The highest BCUT2D eigenvalue weighted by molar-refractivity contribution is 6.02. The van der Waals surface area contributed by atoms with E-state index >= 15 is 0 Å². The molecule has 2 amide bonds. The van der Waals surface area contributed by atoms with Gasteiger partial charge < -0.3 is 4.74 Å². The van der Waals surface area contributed by atoms with Gasteiger partial charge in [-0.05, 0) is 18.8 Å². The number of nitrogens with zero attached hydrogens (tertiary/aromatic N) is 2. The molecule has 18 heavy (non-hydrogen) atoms. The molecule has 5 heteroatoms. The fourth-order valence-corrected chi connectivity index (χ4v) is 3.15. The molecule has 3 fully saturated rings. The van der Waals surface area contributed by atoms with Crippen molar-refractivity contribution >= 4 is 11.8 Å². The molecule has 3 saturated heterocycles. The fourth-order valence-electron chi connectivity index (χ4n) is 3.15. The van der Waals surface area contributed by atoms with Crippen LogP contribution in [0.5, 0.6) is 0 Å². The van der Waals surface area contributed by atoms with E-state index in [1.165, 1.54) is 4.90 Å². The number of rotatable bonds is 3. The number of amides is 2. The van der Waals surface area contributed by atoms with Crippen LogP contribution < -0.4 is 0 Å². The van der Waals surface area contributed by atoms with E-state index in [0.717, 1.165) is 51.6 Å². The largest absolute Gasteiger partial charge is 0.381 e. The Labute approximate surface area is 107 Å². The molecule has 0 aromatic heterocycles. The van der Waals surface area contributed by atoms with E-state index in [2.05, 4.69) is 4.90 Å². The van der Waals surface area contributed by atoms with Crippen molar-refractivity contribution < 1.29 is 14.3 Å². The van der Waals surface area contributed by atoms with Crippen LogP contribution in [0, 0.1) is 5.92 Å². The van der Waals surface area contributed by atoms with Gasteiger partial charge in [0, 0.05) is 45.7 Å². The Hall–Kier alpha value is -0.940.